The second-order valence-corrected chi connectivity index (χ2v) is 3.23. The maximum Gasteiger partial charge on any atom is 0.165 e. The van der Waals surface area contributed by atoms with E-state index in [0.29, 0.717) is 0 Å². The molecule has 1 aliphatic heterocycles. The largest absolute Gasteiger partial charge is 0.550 e. The van der Waals surface area contributed by atoms with Gasteiger partial charge in [0.1, 0.15) is 19.7 Å². The normalized spacial score (nSPS) is 15.4. The van der Waals surface area contributed by atoms with Gasteiger partial charge in [-0.3, -0.25) is 0 Å². The number of rotatable bonds is 2. The second kappa shape index (κ2) is 8.69. The Balaban J connectivity index is 0.000000364. The van der Waals surface area contributed by atoms with E-state index in [9.17, 15) is 0 Å². The van der Waals surface area contributed by atoms with E-state index >= 15 is 0 Å². The van der Waals surface area contributed by atoms with E-state index in [1.807, 2.05) is 0 Å². The van der Waals surface area contributed by atoms with Crippen LogP contribution >= 0.6 is 0 Å². The van der Waals surface area contributed by atoms with Crippen LogP contribution in [0.5, 0.6) is 0 Å². The van der Waals surface area contributed by atoms with E-state index in [4.69, 9.17) is 14.6 Å². The first-order valence-electron chi connectivity index (χ1n) is 4.90. The van der Waals surface area contributed by atoms with Gasteiger partial charge in [0.15, 0.2) is 6.21 Å². The molecule has 0 amide bonds. The van der Waals surface area contributed by atoms with E-state index in [2.05, 4.69) is 10.8 Å². The maximum absolute atomic E-state index is 8.89. The summed E-state index contributed by atoms with van der Waals surface area (Å²) in [5.74, 6) is -1.08. The molecule has 0 aromatic heterocycles. The molecule has 4 heteroatoms. The summed E-state index contributed by atoms with van der Waals surface area (Å²) in [6.45, 7) is 4.19. The number of nitrogens with zero attached hydrogens (tertiary/aromatic N) is 1. The Bertz CT molecular complexity index is 178. The number of carbonyl (C=O) groups is 1. The first kappa shape index (κ1) is 13.1. The molecule has 0 aromatic rings. The van der Waals surface area contributed by atoms with Gasteiger partial charge in [0.2, 0.25) is 0 Å². The molecule has 0 atom stereocenters. The summed E-state index contributed by atoms with van der Waals surface area (Å²) in [6, 6.07) is 0. The van der Waals surface area contributed by atoms with Gasteiger partial charge in [-0.1, -0.05) is 0 Å². The third-order valence-electron chi connectivity index (χ3n) is 1.89. The van der Waals surface area contributed by atoms with E-state index in [0.717, 1.165) is 13.5 Å². The van der Waals surface area contributed by atoms with Gasteiger partial charge in [0, 0.05) is 25.9 Å². The highest BCUT2D eigenvalue weighted by molar-refractivity contribution is 5.60. The molecule has 1 fully saturated rings. The minimum Gasteiger partial charge on any atom is -0.550 e. The van der Waals surface area contributed by atoms with Gasteiger partial charge >= 0.3 is 0 Å². The number of hydrogen-bond donors (Lipinski definition) is 0. The van der Waals surface area contributed by atoms with Crippen LogP contribution in [0.1, 0.15) is 26.2 Å². The molecule has 1 heterocycles. The summed E-state index contributed by atoms with van der Waals surface area (Å²) >= 11 is 0. The summed E-state index contributed by atoms with van der Waals surface area (Å²) in [7, 11) is 1.74. The van der Waals surface area contributed by atoms with Crippen LogP contribution < -0.4 is 5.11 Å². The Morgan fingerprint density at radius 2 is 1.93 bits per heavy atom. The Hall–Kier alpha value is -0.900. The van der Waals surface area contributed by atoms with Crippen LogP contribution in [0.3, 0.4) is 0 Å². The van der Waals surface area contributed by atoms with Crippen LogP contribution in [0.15, 0.2) is 0 Å². The second-order valence-electron chi connectivity index (χ2n) is 3.23. The molecule has 0 saturated carbocycles. The van der Waals surface area contributed by atoms with E-state index in [1.165, 1.54) is 32.4 Å². The van der Waals surface area contributed by atoms with Gasteiger partial charge in [0.05, 0.1) is 0 Å². The van der Waals surface area contributed by atoms with Crippen LogP contribution in [0, 0.1) is 0 Å². The zero-order chi connectivity index (χ0) is 10.8. The smallest absolute Gasteiger partial charge is 0.165 e. The molecule has 82 valence electrons. The van der Waals surface area contributed by atoms with Gasteiger partial charge in [-0.15, -0.1) is 0 Å². The fourth-order valence-electron chi connectivity index (χ4n) is 1.28. The topological polar surface area (TPSA) is 52.4 Å². The van der Waals surface area contributed by atoms with Crippen LogP contribution in [0.2, 0.25) is 0 Å². The van der Waals surface area contributed by atoms with Crippen molar-refractivity contribution >= 4 is 12.2 Å². The standard InChI is InChI=1S/C8H16NO.C2H4O2/c1-10-8-7-9-5-3-2-4-6-9;1-2(3)4/h7H,2-6,8H2,1H3;1H3,(H,3,4)/q+1;/p-1. The molecular formula is C10H19NO3. The lowest BCUT2D eigenvalue weighted by Gasteiger charge is -2.08. The van der Waals surface area contributed by atoms with E-state index < -0.39 is 5.97 Å². The molecular weight excluding hydrogens is 182 g/mol. The SMILES string of the molecule is CC(=O)[O-].COCC=[N+]1CCCCC1. The number of piperidine rings is 1. The Morgan fingerprint density at radius 1 is 1.43 bits per heavy atom. The number of carboxylic acid groups (broad SMARTS) is 1. The first-order valence-corrected chi connectivity index (χ1v) is 4.90. The van der Waals surface area contributed by atoms with Crippen LogP contribution in [-0.4, -0.2) is 43.6 Å². The lowest BCUT2D eigenvalue weighted by atomic mass is 10.2. The summed E-state index contributed by atoms with van der Waals surface area (Å²) in [4.78, 5) is 8.89. The highest BCUT2D eigenvalue weighted by Crippen LogP contribution is 2.02. The molecule has 0 aliphatic carbocycles. The molecule has 14 heavy (non-hydrogen) atoms. The monoisotopic (exact) mass is 201 g/mol. The fraction of sp³-hybridized carbons (Fsp3) is 0.800. The van der Waals surface area contributed by atoms with Gasteiger partial charge in [-0.25, -0.2) is 4.58 Å². The van der Waals surface area contributed by atoms with Crippen molar-refractivity contribution in [2.24, 2.45) is 0 Å². The molecule has 0 spiro atoms. The van der Waals surface area contributed by atoms with Crippen molar-refractivity contribution in [1.29, 1.82) is 0 Å². The third kappa shape index (κ3) is 9.19. The van der Waals surface area contributed by atoms with Crippen molar-refractivity contribution in [2.75, 3.05) is 26.8 Å². The minimum absolute atomic E-state index is 0.764. The molecule has 0 radical (unpaired) electrons. The minimum atomic E-state index is -1.08. The van der Waals surface area contributed by atoms with Gasteiger partial charge in [0.25, 0.3) is 0 Å². The number of aliphatic carboxylic acids is 1. The summed E-state index contributed by atoms with van der Waals surface area (Å²) in [5.41, 5.74) is 0. The number of ether oxygens (including phenoxy) is 1. The average molecular weight is 201 g/mol. The lowest BCUT2D eigenvalue weighted by Crippen LogP contribution is -2.22. The molecule has 0 N–H and O–H groups in total. The number of carbonyl (C=O) groups excluding carboxylic acids is 1. The van der Waals surface area contributed by atoms with Gasteiger partial charge < -0.3 is 14.6 Å². The summed E-state index contributed by atoms with van der Waals surface area (Å²) in [6.07, 6.45) is 6.25. The van der Waals surface area contributed by atoms with Crippen molar-refractivity contribution in [1.82, 2.24) is 0 Å². The van der Waals surface area contributed by atoms with E-state index in [1.54, 1.807) is 7.11 Å². The maximum atomic E-state index is 8.89. The number of methoxy groups -OCH3 is 1. The van der Waals surface area contributed by atoms with Crippen LogP contribution in [0.4, 0.5) is 0 Å². The number of carboxylic acids is 1. The third-order valence-corrected chi connectivity index (χ3v) is 1.89. The lowest BCUT2D eigenvalue weighted by molar-refractivity contribution is -0.534. The van der Waals surface area contributed by atoms with Crippen LogP contribution in [-0.2, 0) is 9.53 Å². The molecule has 0 aromatic carbocycles. The summed E-state index contributed by atoms with van der Waals surface area (Å²) in [5, 5.41) is 8.89. The van der Waals surface area contributed by atoms with Crippen molar-refractivity contribution in [3.8, 4) is 0 Å². The Morgan fingerprint density at radius 3 is 2.36 bits per heavy atom. The fourth-order valence-corrected chi connectivity index (χ4v) is 1.28. The van der Waals surface area contributed by atoms with Gasteiger partial charge in [-0.05, 0) is 13.3 Å². The zero-order valence-corrected chi connectivity index (χ0v) is 8.99. The molecule has 1 rings (SSSR count). The quantitative estimate of drug-likeness (QED) is 0.574. The van der Waals surface area contributed by atoms with Gasteiger partial charge in [-0.2, -0.15) is 0 Å². The average Bonchev–Trinajstić information content (AvgIpc) is 2.15. The predicted octanol–water partition coefficient (Wildman–Crippen LogP) is -0.344. The Labute approximate surface area is 85.2 Å². The highest BCUT2D eigenvalue weighted by atomic mass is 16.5. The highest BCUT2D eigenvalue weighted by Gasteiger charge is 2.08. The zero-order valence-electron chi connectivity index (χ0n) is 8.99. The molecule has 0 bridgehead atoms. The van der Waals surface area contributed by atoms with E-state index in [-0.39, 0.29) is 0 Å². The van der Waals surface area contributed by atoms with Crippen LogP contribution in [0.25, 0.3) is 0 Å². The molecule has 4 nitrogen and oxygen atoms in total. The number of hydrogen-bond acceptors (Lipinski definition) is 3. The molecule has 0 unspecified atom stereocenters. The predicted molar refractivity (Wildman–Crippen MR) is 52.5 cm³/mol. The van der Waals surface area contributed by atoms with Crippen molar-refractivity contribution in [2.45, 2.75) is 26.2 Å². The summed E-state index contributed by atoms with van der Waals surface area (Å²) < 4.78 is 7.30. The van der Waals surface area contributed by atoms with Crippen molar-refractivity contribution in [3.63, 3.8) is 0 Å². The van der Waals surface area contributed by atoms with Crippen molar-refractivity contribution < 1.29 is 19.2 Å². The van der Waals surface area contributed by atoms with Crippen molar-refractivity contribution in [3.05, 3.63) is 0 Å². The molecule has 1 saturated heterocycles. The first-order chi connectivity index (χ1) is 6.66. The Kier molecular flexibility index (Phi) is 8.13. The molecule has 1 aliphatic rings.